The summed E-state index contributed by atoms with van der Waals surface area (Å²) in [5, 5.41) is 0. The average Bonchev–Trinajstić information content (AvgIpc) is 2.90. The summed E-state index contributed by atoms with van der Waals surface area (Å²) in [7, 11) is 1.45. The Morgan fingerprint density at radius 1 is 1.33 bits per heavy atom. The van der Waals surface area contributed by atoms with Crippen molar-refractivity contribution in [1.82, 2.24) is 0 Å². The summed E-state index contributed by atoms with van der Waals surface area (Å²) in [5.74, 6) is 0.499. The second-order valence-electron chi connectivity index (χ2n) is 6.62. The first-order chi connectivity index (χ1) is 9.98. The van der Waals surface area contributed by atoms with Gasteiger partial charge in [0.1, 0.15) is 5.78 Å². The standard InChI is InChI=1S/C18H25FO2/c1-13(2)12-18(9-4-5-10-18)16(20)11-14-7-6-8-15(21-3)17(14)19/h6-8,13H,4-5,9-12H2,1-3H3. The second kappa shape index (κ2) is 6.59. The Balaban J connectivity index is 2.20. The normalized spacial score (nSPS) is 17.2. The van der Waals surface area contributed by atoms with E-state index < -0.39 is 5.82 Å². The van der Waals surface area contributed by atoms with Crippen LogP contribution in [0.5, 0.6) is 5.75 Å². The Labute approximate surface area is 126 Å². The first-order valence-electron chi connectivity index (χ1n) is 7.83. The van der Waals surface area contributed by atoms with Crippen molar-refractivity contribution in [3.8, 4) is 5.75 Å². The van der Waals surface area contributed by atoms with E-state index in [0.717, 1.165) is 32.1 Å². The highest BCUT2D eigenvalue weighted by Gasteiger charge is 2.40. The van der Waals surface area contributed by atoms with E-state index >= 15 is 0 Å². The SMILES string of the molecule is COc1cccc(CC(=O)C2(CC(C)C)CCCC2)c1F. The van der Waals surface area contributed by atoms with Crippen LogP contribution in [0, 0.1) is 17.2 Å². The number of ketones is 1. The van der Waals surface area contributed by atoms with Crippen molar-refractivity contribution in [2.45, 2.75) is 52.4 Å². The van der Waals surface area contributed by atoms with Gasteiger partial charge in [-0.1, -0.05) is 38.8 Å². The van der Waals surface area contributed by atoms with E-state index in [4.69, 9.17) is 4.74 Å². The monoisotopic (exact) mass is 292 g/mol. The van der Waals surface area contributed by atoms with Gasteiger partial charge in [0.25, 0.3) is 0 Å². The minimum Gasteiger partial charge on any atom is -0.494 e. The van der Waals surface area contributed by atoms with Crippen molar-refractivity contribution in [2.24, 2.45) is 11.3 Å². The maximum atomic E-state index is 14.2. The lowest BCUT2D eigenvalue weighted by molar-refractivity contribution is -0.128. The van der Waals surface area contributed by atoms with Gasteiger partial charge in [-0.15, -0.1) is 0 Å². The predicted molar refractivity (Wildman–Crippen MR) is 82.0 cm³/mol. The second-order valence-corrected chi connectivity index (χ2v) is 6.62. The molecule has 0 bridgehead atoms. The lowest BCUT2D eigenvalue weighted by Gasteiger charge is -2.29. The van der Waals surface area contributed by atoms with E-state index in [1.807, 2.05) is 0 Å². The van der Waals surface area contributed by atoms with Crippen molar-refractivity contribution >= 4 is 5.78 Å². The number of hydrogen-bond donors (Lipinski definition) is 0. The number of methoxy groups -OCH3 is 1. The molecule has 0 atom stereocenters. The van der Waals surface area contributed by atoms with Crippen molar-refractivity contribution < 1.29 is 13.9 Å². The molecule has 0 aliphatic heterocycles. The predicted octanol–water partition coefficient (Wildman–Crippen LogP) is 4.55. The third kappa shape index (κ3) is 3.45. The topological polar surface area (TPSA) is 26.3 Å². The minimum atomic E-state index is -0.397. The van der Waals surface area contributed by atoms with E-state index in [1.165, 1.54) is 7.11 Å². The Kier molecular flexibility index (Phi) is 5.02. The van der Waals surface area contributed by atoms with Crippen LogP contribution in [0.1, 0.15) is 51.5 Å². The molecule has 2 rings (SSSR count). The first-order valence-corrected chi connectivity index (χ1v) is 7.83. The summed E-state index contributed by atoms with van der Waals surface area (Å²) in [4.78, 5) is 12.8. The third-order valence-electron chi connectivity index (χ3n) is 4.57. The van der Waals surface area contributed by atoms with Gasteiger partial charge >= 0.3 is 0 Å². The van der Waals surface area contributed by atoms with Crippen molar-refractivity contribution in [3.63, 3.8) is 0 Å². The number of benzene rings is 1. The lowest BCUT2D eigenvalue weighted by Crippen LogP contribution is -2.31. The molecule has 0 spiro atoms. The molecular weight excluding hydrogens is 267 g/mol. The number of hydrogen-bond acceptors (Lipinski definition) is 2. The molecule has 0 saturated heterocycles. The van der Waals surface area contributed by atoms with Crippen LogP contribution in [-0.2, 0) is 11.2 Å². The molecule has 0 N–H and O–H groups in total. The lowest BCUT2D eigenvalue weighted by atomic mass is 9.73. The van der Waals surface area contributed by atoms with E-state index in [1.54, 1.807) is 18.2 Å². The molecular formula is C18H25FO2. The molecule has 0 heterocycles. The van der Waals surface area contributed by atoms with Crippen molar-refractivity contribution in [1.29, 1.82) is 0 Å². The van der Waals surface area contributed by atoms with Crippen LogP contribution in [0.3, 0.4) is 0 Å². The first kappa shape index (κ1) is 16.0. The fraction of sp³-hybridized carbons (Fsp3) is 0.611. The van der Waals surface area contributed by atoms with Crippen LogP contribution >= 0.6 is 0 Å². The molecule has 0 radical (unpaired) electrons. The summed E-state index contributed by atoms with van der Waals surface area (Å²) in [6, 6.07) is 5.02. The minimum absolute atomic E-state index is 0.176. The van der Waals surface area contributed by atoms with Gasteiger partial charge < -0.3 is 4.74 Å². The molecule has 0 unspecified atom stereocenters. The molecule has 1 aliphatic carbocycles. The van der Waals surface area contributed by atoms with Gasteiger partial charge in [0.15, 0.2) is 11.6 Å². The van der Waals surface area contributed by atoms with Crippen LogP contribution in [0.4, 0.5) is 4.39 Å². The number of ether oxygens (including phenoxy) is 1. The van der Waals surface area contributed by atoms with Gasteiger partial charge in [-0.2, -0.15) is 0 Å². The van der Waals surface area contributed by atoms with E-state index in [-0.39, 0.29) is 23.4 Å². The smallest absolute Gasteiger partial charge is 0.168 e. The maximum Gasteiger partial charge on any atom is 0.168 e. The summed E-state index contributed by atoms with van der Waals surface area (Å²) in [6.45, 7) is 4.30. The van der Waals surface area contributed by atoms with Gasteiger partial charge in [0.05, 0.1) is 7.11 Å². The molecule has 3 heteroatoms. The molecule has 2 nitrogen and oxygen atoms in total. The van der Waals surface area contributed by atoms with Gasteiger partial charge in [0.2, 0.25) is 0 Å². The fourth-order valence-corrected chi connectivity index (χ4v) is 3.64. The van der Waals surface area contributed by atoms with Gasteiger partial charge in [0, 0.05) is 11.8 Å². The molecule has 116 valence electrons. The zero-order valence-electron chi connectivity index (χ0n) is 13.2. The fourth-order valence-electron chi connectivity index (χ4n) is 3.64. The number of carbonyl (C=O) groups excluding carboxylic acids is 1. The summed E-state index contributed by atoms with van der Waals surface area (Å²) in [5.41, 5.74) is 0.221. The van der Waals surface area contributed by atoms with Gasteiger partial charge in [-0.3, -0.25) is 4.79 Å². The van der Waals surface area contributed by atoms with Crippen LogP contribution in [0.2, 0.25) is 0 Å². The third-order valence-corrected chi connectivity index (χ3v) is 4.57. The number of rotatable bonds is 6. The highest BCUT2D eigenvalue weighted by Crippen LogP contribution is 2.44. The molecule has 1 aliphatic rings. The highest BCUT2D eigenvalue weighted by atomic mass is 19.1. The van der Waals surface area contributed by atoms with Gasteiger partial charge in [-0.05, 0) is 36.8 Å². The van der Waals surface area contributed by atoms with Crippen LogP contribution < -0.4 is 4.74 Å². The Morgan fingerprint density at radius 3 is 2.57 bits per heavy atom. The number of Topliss-reactive ketones (excluding diaryl/α,β-unsaturated/α-hetero) is 1. The Bertz CT molecular complexity index is 502. The molecule has 1 fully saturated rings. The Hall–Kier alpha value is -1.38. The number of halogens is 1. The van der Waals surface area contributed by atoms with Crippen molar-refractivity contribution in [2.75, 3.05) is 7.11 Å². The van der Waals surface area contributed by atoms with Crippen molar-refractivity contribution in [3.05, 3.63) is 29.6 Å². The molecule has 1 saturated carbocycles. The maximum absolute atomic E-state index is 14.2. The molecule has 0 amide bonds. The van der Waals surface area contributed by atoms with E-state index in [0.29, 0.717) is 11.5 Å². The van der Waals surface area contributed by atoms with Crippen LogP contribution in [0.25, 0.3) is 0 Å². The number of carbonyl (C=O) groups is 1. The molecule has 21 heavy (non-hydrogen) atoms. The summed E-state index contributed by atoms with van der Waals surface area (Å²) in [6.07, 6.45) is 5.22. The summed E-state index contributed by atoms with van der Waals surface area (Å²) >= 11 is 0. The van der Waals surface area contributed by atoms with E-state index in [2.05, 4.69) is 13.8 Å². The molecule has 0 aromatic heterocycles. The average molecular weight is 292 g/mol. The largest absolute Gasteiger partial charge is 0.494 e. The van der Waals surface area contributed by atoms with E-state index in [9.17, 15) is 9.18 Å². The Morgan fingerprint density at radius 2 is 2.00 bits per heavy atom. The molecule has 1 aromatic carbocycles. The molecule has 1 aromatic rings. The zero-order valence-corrected chi connectivity index (χ0v) is 13.2. The van der Waals surface area contributed by atoms with Crippen LogP contribution in [-0.4, -0.2) is 12.9 Å². The zero-order chi connectivity index (χ0) is 15.5. The quantitative estimate of drug-likeness (QED) is 0.768. The highest BCUT2D eigenvalue weighted by molar-refractivity contribution is 5.87. The van der Waals surface area contributed by atoms with Gasteiger partial charge in [-0.25, -0.2) is 4.39 Å². The van der Waals surface area contributed by atoms with Crippen LogP contribution in [0.15, 0.2) is 18.2 Å². The summed E-state index contributed by atoms with van der Waals surface area (Å²) < 4.78 is 19.2.